The summed E-state index contributed by atoms with van der Waals surface area (Å²) in [5.74, 6) is -1.00. The van der Waals surface area contributed by atoms with Gasteiger partial charge in [-0.25, -0.2) is 4.79 Å². The number of carboxylic acids is 1. The van der Waals surface area contributed by atoms with Crippen molar-refractivity contribution in [2.24, 2.45) is 45.0 Å². The number of allylic oxidation sites excluding steroid dienone is 2. The molecule has 4 unspecified atom stereocenters. The molecular weight excluding hydrogens is 574 g/mol. The van der Waals surface area contributed by atoms with Crippen LogP contribution >= 0.6 is 15.9 Å². The molecule has 0 radical (unpaired) electrons. The molecule has 0 saturated heterocycles. The van der Waals surface area contributed by atoms with E-state index in [0.29, 0.717) is 42.7 Å². The van der Waals surface area contributed by atoms with Crippen molar-refractivity contribution >= 4 is 27.9 Å². The molecule has 0 aromatic carbocycles. The molecule has 9 heteroatoms. The molecular formula is C31H46BrN3O5. The third-order valence-electron chi connectivity index (χ3n) is 12.0. The van der Waals surface area contributed by atoms with E-state index < -0.39 is 24.1 Å². The van der Waals surface area contributed by atoms with Crippen molar-refractivity contribution in [2.45, 2.75) is 118 Å². The van der Waals surface area contributed by atoms with Crippen LogP contribution in [0.4, 0.5) is 0 Å². The molecule has 4 aliphatic rings. The Labute approximate surface area is 246 Å². The number of esters is 1. The van der Waals surface area contributed by atoms with E-state index in [9.17, 15) is 19.8 Å². The Bertz CT molecular complexity index is 1170. The van der Waals surface area contributed by atoms with E-state index in [4.69, 9.17) is 10.3 Å². The zero-order valence-electron chi connectivity index (χ0n) is 25.0. The van der Waals surface area contributed by atoms with E-state index >= 15 is 0 Å². The van der Waals surface area contributed by atoms with Crippen molar-refractivity contribution in [2.75, 3.05) is 0 Å². The van der Waals surface area contributed by atoms with E-state index in [-0.39, 0.29) is 40.0 Å². The van der Waals surface area contributed by atoms with Gasteiger partial charge in [0, 0.05) is 23.5 Å². The van der Waals surface area contributed by atoms with Gasteiger partial charge >= 0.3 is 11.9 Å². The lowest BCUT2D eigenvalue weighted by Gasteiger charge is -2.69. The van der Waals surface area contributed by atoms with Crippen LogP contribution in [-0.4, -0.2) is 40.4 Å². The summed E-state index contributed by atoms with van der Waals surface area (Å²) in [5, 5.41) is 26.6. The van der Waals surface area contributed by atoms with Crippen LogP contribution in [0.3, 0.4) is 0 Å². The lowest BCUT2D eigenvalue weighted by Crippen LogP contribution is -2.65. The number of nitrogens with zero attached hydrogens (tertiary/aromatic N) is 3. The van der Waals surface area contributed by atoms with Gasteiger partial charge < -0.3 is 14.9 Å². The second-order valence-electron chi connectivity index (χ2n) is 13.9. The van der Waals surface area contributed by atoms with E-state index in [2.05, 4.69) is 53.7 Å². The average molecular weight is 621 g/mol. The molecule has 0 bridgehead atoms. The SMILES string of the molecule is CC(=O)O[C@H]1C[C@@]2(C)C(CC(O)C3[C@@]4(C)CC[C@@H](N=[N+]=[N-])[C@@H](C)C4CC[C@@]32C)/C1=C(\CCC(Br)=C(C)C)C(=O)O. The van der Waals surface area contributed by atoms with E-state index in [1.807, 2.05) is 13.8 Å². The Hall–Kier alpha value is -1.83. The van der Waals surface area contributed by atoms with Gasteiger partial charge in [-0.15, -0.1) is 0 Å². The number of carbonyl (C=O) groups is 2. The minimum Gasteiger partial charge on any atom is -0.478 e. The van der Waals surface area contributed by atoms with Crippen molar-refractivity contribution in [3.8, 4) is 0 Å². The Morgan fingerprint density at radius 2 is 1.80 bits per heavy atom. The lowest BCUT2D eigenvalue weighted by atomic mass is 9.36. The van der Waals surface area contributed by atoms with Crippen LogP contribution in [0.2, 0.25) is 0 Å². The average Bonchev–Trinajstić information content (AvgIpc) is 3.12. The number of aliphatic hydroxyl groups is 1. The molecule has 0 heterocycles. The van der Waals surface area contributed by atoms with Crippen molar-refractivity contribution < 1.29 is 24.5 Å². The maximum absolute atomic E-state index is 12.8. The van der Waals surface area contributed by atoms with Gasteiger partial charge in [-0.2, -0.15) is 0 Å². The van der Waals surface area contributed by atoms with Gasteiger partial charge in [0.05, 0.1) is 6.10 Å². The summed E-state index contributed by atoms with van der Waals surface area (Å²) in [6.45, 7) is 14.4. The van der Waals surface area contributed by atoms with Crippen LogP contribution in [0.5, 0.6) is 0 Å². The number of carbonyl (C=O) groups excluding carboxylic acids is 1. The molecule has 10 atom stereocenters. The fraction of sp³-hybridized carbons (Fsp3) is 0.806. The van der Waals surface area contributed by atoms with Gasteiger partial charge in [0.1, 0.15) is 6.10 Å². The molecule has 0 aliphatic heterocycles. The molecule has 4 saturated carbocycles. The Kier molecular flexibility index (Phi) is 8.64. The zero-order chi connectivity index (χ0) is 29.8. The fourth-order valence-electron chi connectivity index (χ4n) is 10.00. The first-order valence-corrected chi connectivity index (χ1v) is 15.6. The van der Waals surface area contributed by atoms with Crippen molar-refractivity contribution in [3.63, 3.8) is 0 Å². The summed E-state index contributed by atoms with van der Waals surface area (Å²) in [5.41, 5.74) is 10.5. The van der Waals surface area contributed by atoms with E-state index in [0.717, 1.165) is 35.7 Å². The summed E-state index contributed by atoms with van der Waals surface area (Å²) in [6.07, 6.45) is 4.23. The Morgan fingerprint density at radius 3 is 2.38 bits per heavy atom. The molecule has 0 spiro atoms. The zero-order valence-corrected chi connectivity index (χ0v) is 26.6. The third kappa shape index (κ3) is 4.84. The molecule has 222 valence electrons. The fourth-order valence-corrected chi connectivity index (χ4v) is 10.2. The molecule has 2 N–H and O–H groups in total. The first-order valence-electron chi connectivity index (χ1n) is 14.8. The minimum absolute atomic E-state index is 0.0138. The van der Waals surface area contributed by atoms with Crippen molar-refractivity contribution in [1.82, 2.24) is 0 Å². The first-order chi connectivity index (χ1) is 18.6. The number of hydrogen-bond donors (Lipinski definition) is 2. The maximum Gasteiger partial charge on any atom is 0.331 e. The number of ether oxygens (including phenoxy) is 1. The number of azide groups is 1. The summed E-state index contributed by atoms with van der Waals surface area (Å²) in [4.78, 5) is 28.2. The number of fused-ring (bicyclic) bond motifs is 5. The number of hydrogen-bond acceptors (Lipinski definition) is 5. The molecule has 0 aromatic heterocycles. The Balaban J connectivity index is 1.81. The number of aliphatic hydroxyl groups excluding tert-OH is 1. The molecule has 4 rings (SSSR count). The third-order valence-corrected chi connectivity index (χ3v) is 13.1. The van der Waals surface area contributed by atoms with Crippen LogP contribution < -0.4 is 0 Å². The largest absolute Gasteiger partial charge is 0.478 e. The van der Waals surface area contributed by atoms with Crippen molar-refractivity contribution in [1.29, 1.82) is 0 Å². The molecule has 40 heavy (non-hydrogen) atoms. The van der Waals surface area contributed by atoms with Crippen LogP contribution in [-0.2, 0) is 14.3 Å². The monoisotopic (exact) mass is 619 g/mol. The maximum atomic E-state index is 12.8. The van der Waals surface area contributed by atoms with E-state index in [1.165, 1.54) is 6.92 Å². The van der Waals surface area contributed by atoms with Gasteiger partial charge in [0.2, 0.25) is 0 Å². The standard InChI is InChI=1S/C31H46BrN3O5/c1-16(2)22(32)9-8-19(28(38)39)26-21-14-24(37)27-29(5)12-11-23(34-35-33)17(3)20(29)10-13-30(27,6)31(21,7)15-25(26)40-18(4)36/h17,20-21,23-25,27,37H,8-15H2,1-7H3,(H,38,39)/b26-19-/t17-,20?,21?,23+,24?,25-,27?,29-,30-,31-/m0/s1. The quantitative estimate of drug-likeness (QED) is 0.103. The van der Waals surface area contributed by atoms with Gasteiger partial charge in [0.15, 0.2) is 0 Å². The van der Waals surface area contributed by atoms with Crippen LogP contribution in [0.15, 0.2) is 26.3 Å². The van der Waals surface area contributed by atoms with E-state index in [1.54, 1.807) is 0 Å². The molecule has 0 amide bonds. The molecule has 8 nitrogen and oxygen atoms in total. The second kappa shape index (κ2) is 11.1. The van der Waals surface area contributed by atoms with Crippen molar-refractivity contribution in [3.05, 3.63) is 31.6 Å². The van der Waals surface area contributed by atoms with Gasteiger partial charge in [0.25, 0.3) is 0 Å². The molecule has 4 fully saturated rings. The van der Waals surface area contributed by atoms with Gasteiger partial charge in [-0.1, -0.05) is 54.3 Å². The topological polar surface area (TPSA) is 133 Å². The highest BCUT2D eigenvalue weighted by molar-refractivity contribution is 9.11. The first kappa shape index (κ1) is 31.1. The van der Waals surface area contributed by atoms with Crippen LogP contribution in [0.1, 0.15) is 99.8 Å². The molecule has 0 aromatic rings. The highest BCUT2D eigenvalue weighted by atomic mass is 79.9. The highest BCUT2D eigenvalue weighted by Crippen LogP contribution is 2.74. The summed E-state index contributed by atoms with van der Waals surface area (Å²) in [7, 11) is 0. The Morgan fingerprint density at radius 1 is 1.12 bits per heavy atom. The number of halogens is 1. The smallest absolute Gasteiger partial charge is 0.331 e. The minimum atomic E-state index is -0.979. The van der Waals surface area contributed by atoms with Crippen LogP contribution in [0.25, 0.3) is 10.4 Å². The normalized spacial score (nSPS) is 43.4. The number of carboxylic acid groups (broad SMARTS) is 1. The van der Waals surface area contributed by atoms with Crippen LogP contribution in [0, 0.1) is 39.9 Å². The predicted molar refractivity (Wildman–Crippen MR) is 157 cm³/mol. The van der Waals surface area contributed by atoms with Gasteiger partial charge in [-0.3, -0.25) is 4.79 Å². The lowest BCUT2D eigenvalue weighted by molar-refractivity contribution is -0.226. The summed E-state index contributed by atoms with van der Waals surface area (Å²) < 4.78 is 6.88. The summed E-state index contributed by atoms with van der Waals surface area (Å²) in [6, 6.07) is -0.0240. The highest BCUT2D eigenvalue weighted by Gasteiger charge is 2.70. The second-order valence-corrected chi connectivity index (χ2v) is 14.9. The van der Waals surface area contributed by atoms with Gasteiger partial charge in [-0.05, 0) is 121 Å². The molecule has 4 aliphatic carbocycles. The predicted octanol–water partition coefficient (Wildman–Crippen LogP) is 7.71. The summed E-state index contributed by atoms with van der Waals surface area (Å²) >= 11 is 3.60. The number of rotatable bonds is 6. The number of aliphatic carboxylic acids is 1.